The van der Waals surface area contributed by atoms with Crippen LogP contribution in [0.4, 0.5) is 5.13 Å². The van der Waals surface area contributed by atoms with Gasteiger partial charge in [-0.2, -0.15) is 0 Å². The number of carbonyl (C=O) groups is 2. The van der Waals surface area contributed by atoms with Crippen LogP contribution < -0.4 is 5.32 Å². The van der Waals surface area contributed by atoms with Crippen LogP contribution in [0.5, 0.6) is 0 Å². The van der Waals surface area contributed by atoms with Crippen LogP contribution in [-0.4, -0.2) is 48.2 Å². The van der Waals surface area contributed by atoms with Crippen LogP contribution in [-0.2, 0) is 14.8 Å². The molecule has 0 atom stereocenters. The summed E-state index contributed by atoms with van der Waals surface area (Å²) < 4.78 is 26.2. The Balaban J connectivity index is 1.88. The van der Waals surface area contributed by atoms with Crippen LogP contribution in [0, 0.1) is 6.92 Å². The zero-order valence-electron chi connectivity index (χ0n) is 14.7. The molecule has 0 aliphatic heterocycles. The predicted molar refractivity (Wildman–Crippen MR) is 98.8 cm³/mol. The molecule has 1 amide bonds. The van der Waals surface area contributed by atoms with Gasteiger partial charge in [0, 0.05) is 25.6 Å². The van der Waals surface area contributed by atoms with Gasteiger partial charge in [-0.1, -0.05) is 23.5 Å². The average Bonchev–Trinajstić information content (AvgIpc) is 2.99. The van der Waals surface area contributed by atoms with Crippen LogP contribution in [0.1, 0.15) is 35.1 Å². The summed E-state index contributed by atoms with van der Waals surface area (Å²) in [5.41, 5.74) is 0.454. The molecule has 0 aliphatic rings. The third-order valence-corrected chi connectivity index (χ3v) is 6.24. The van der Waals surface area contributed by atoms with Crippen molar-refractivity contribution in [1.82, 2.24) is 14.5 Å². The molecule has 10 heteroatoms. The van der Waals surface area contributed by atoms with Gasteiger partial charge in [0.1, 0.15) is 5.01 Å². The smallest absolute Gasteiger partial charge is 0.242 e. The number of aromatic nitrogens is 2. The molecular weight excluding hydrogens is 376 g/mol. The minimum atomic E-state index is -3.66. The Labute approximate surface area is 156 Å². The highest BCUT2D eigenvalue weighted by molar-refractivity contribution is 7.89. The van der Waals surface area contributed by atoms with Crippen molar-refractivity contribution in [2.75, 3.05) is 18.9 Å². The van der Waals surface area contributed by atoms with E-state index in [0.29, 0.717) is 17.1 Å². The van der Waals surface area contributed by atoms with E-state index in [9.17, 15) is 18.0 Å². The first-order valence-electron chi connectivity index (χ1n) is 7.87. The quantitative estimate of drug-likeness (QED) is 0.684. The molecule has 2 rings (SSSR count). The molecule has 0 saturated heterocycles. The molecule has 0 fully saturated rings. The highest BCUT2D eigenvalue weighted by Crippen LogP contribution is 2.17. The molecule has 1 aromatic carbocycles. The highest BCUT2D eigenvalue weighted by Gasteiger charge is 2.21. The van der Waals surface area contributed by atoms with Gasteiger partial charge >= 0.3 is 0 Å². The first kappa shape index (κ1) is 20.1. The van der Waals surface area contributed by atoms with Crippen molar-refractivity contribution in [2.24, 2.45) is 0 Å². The molecular formula is C16H20N4O4S2. The molecule has 1 heterocycles. The number of sulfonamides is 1. The molecule has 0 spiro atoms. The van der Waals surface area contributed by atoms with Crippen molar-refractivity contribution >= 4 is 38.2 Å². The van der Waals surface area contributed by atoms with E-state index >= 15 is 0 Å². The van der Waals surface area contributed by atoms with Gasteiger partial charge in [-0.3, -0.25) is 9.59 Å². The lowest BCUT2D eigenvalue weighted by atomic mass is 10.2. The van der Waals surface area contributed by atoms with E-state index in [1.807, 2.05) is 0 Å². The van der Waals surface area contributed by atoms with Crippen LogP contribution in [0.3, 0.4) is 0 Å². The standard InChI is InChI=1S/C16H20N4O4S2/c1-11(21)13-6-8-14(9-7-13)26(23,24)20(3)10-4-5-15(22)17-16-19-18-12(2)25-16/h6-9H,4-5,10H2,1-3H3,(H,17,19,22). The molecule has 0 saturated carbocycles. The number of hydrogen-bond acceptors (Lipinski definition) is 7. The second-order valence-electron chi connectivity index (χ2n) is 5.69. The zero-order chi connectivity index (χ0) is 19.3. The van der Waals surface area contributed by atoms with E-state index < -0.39 is 10.0 Å². The lowest BCUT2D eigenvalue weighted by Crippen LogP contribution is -2.28. The summed E-state index contributed by atoms with van der Waals surface area (Å²) in [6, 6.07) is 5.79. The van der Waals surface area contributed by atoms with Gasteiger partial charge in [0.2, 0.25) is 21.1 Å². The molecule has 1 aromatic heterocycles. The van der Waals surface area contributed by atoms with E-state index in [1.165, 1.54) is 53.9 Å². The van der Waals surface area contributed by atoms with Gasteiger partial charge in [0.05, 0.1) is 4.90 Å². The summed E-state index contributed by atoms with van der Waals surface area (Å²) in [4.78, 5) is 23.2. The number of amides is 1. The highest BCUT2D eigenvalue weighted by atomic mass is 32.2. The van der Waals surface area contributed by atoms with E-state index in [4.69, 9.17) is 0 Å². The summed E-state index contributed by atoms with van der Waals surface area (Å²) in [7, 11) is -2.21. The maximum Gasteiger partial charge on any atom is 0.242 e. The van der Waals surface area contributed by atoms with Crippen molar-refractivity contribution in [3.8, 4) is 0 Å². The second-order valence-corrected chi connectivity index (χ2v) is 8.91. The molecule has 26 heavy (non-hydrogen) atoms. The third kappa shape index (κ3) is 5.16. The normalized spacial score (nSPS) is 11.5. The van der Waals surface area contributed by atoms with E-state index in [-0.39, 0.29) is 29.6 Å². The fourth-order valence-corrected chi connectivity index (χ4v) is 3.97. The fraction of sp³-hybridized carbons (Fsp3) is 0.375. The number of nitrogens with one attached hydrogen (secondary N) is 1. The summed E-state index contributed by atoms with van der Waals surface area (Å²) >= 11 is 1.28. The SMILES string of the molecule is CC(=O)c1ccc(S(=O)(=O)N(C)CCCC(=O)Nc2nnc(C)s2)cc1. The fourth-order valence-electron chi connectivity index (χ4n) is 2.15. The topological polar surface area (TPSA) is 109 Å². The maximum atomic E-state index is 12.5. The van der Waals surface area contributed by atoms with Gasteiger partial charge in [-0.25, -0.2) is 12.7 Å². The van der Waals surface area contributed by atoms with Crippen LogP contribution in [0.2, 0.25) is 0 Å². The third-order valence-electron chi connectivity index (χ3n) is 3.62. The van der Waals surface area contributed by atoms with Crippen LogP contribution in [0.25, 0.3) is 0 Å². The molecule has 8 nitrogen and oxygen atoms in total. The molecule has 0 radical (unpaired) electrons. The molecule has 0 aliphatic carbocycles. The maximum absolute atomic E-state index is 12.5. The van der Waals surface area contributed by atoms with Crippen molar-refractivity contribution in [3.63, 3.8) is 0 Å². The lowest BCUT2D eigenvalue weighted by Gasteiger charge is -2.17. The summed E-state index contributed by atoms with van der Waals surface area (Å²) in [5, 5.41) is 11.4. The average molecular weight is 396 g/mol. The number of hydrogen-bond donors (Lipinski definition) is 1. The molecule has 0 unspecified atom stereocenters. The molecule has 1 N–H and O–H groups in total. The van der Waals surface area contributed by atoms with Gasteiger partial charge in [-0.15, -0.1) is 10.2 Å². The predicted octanol–water partition coefficient (Wildman–Crippen LogP) is 2.09. The van der Waals surface area contributed by atoms with E-state index in [2.05, 4.69) is 15.5 Å². The Bertz CT molecular complexity index is 891. The molecule has 140 valence electrons. The Morgan fingerprint density at radius 2 is 1.85 bits per heavy atom. The first-order chi connectivity index (χ1) is 12.2. The van der Waals surface area contributed by atoms with E-state index in [1.54, 1.807) is 6.92 Å². The van der Waals surface area contributed by atoms with Crippen LogP contribution >= 0.6 is 11.3 Å². The largest absolute Gasteiger partial charge is 0.301 e. The van der Waals surface area contributed by atoms with Gasteiger partial charge < -0.3 is 5.32 Å². The number of carbonyl (C=O) groups excluding carboxylic acids is 2. The Morgan fingerprint density at radius 1 is 1.19 bits per heavy atom. The number of rotatable bonds is 8. The van der Waals surface area contributed by atoms with Crippen LogP contribution in [0.15, 0.2) is 29.2 Å². The number of anilines is 1. The number of ketones is 1. The Kier molecular flexibility index (Phi) is 6.57. The minimum Gasteiger partial charge on any atom is -0.301 e. The van der Waals surface area contributed by atoms with Crippen molar-refractivity contribution in [1.29, 1.82) is 0 Å². The first-order valence-corrected chi connectivity index (χ1v) is 10.1. The number of aryl methyl sites for hydroxylation is 1. The lowest BCUT2D eigenvalue weighted by molar-refractivity contribution is -0.116. The van der Waals surface area contributed by atoms with Crippen molar-refractivity contribution < 1.29 is 18.0 Å². The monoisotopic (exact) mass is 396 g/mol. The number of nitrogens with zero attached hydrogens (tertiary/aromatic N) is 3. The van der Waals surface area contributed by atoms with Gasteiger partial charge in [0.25, 0.3) is 0 Å². The zero-order valence-corrected chi connectivity index (χ0v) is 16.4. The summed E-state index contributed by atoms with van der Waals surface area (Å²) in [6.45, 7) is 3.40. The summed E-state index contributed by atoms with van der Waals surface area (Å²) in [6.07, 6.45) is 0.534. The minimum absolute atomic E-state index is 0.110. The second kappa shape index (κ2) is 8.47. The molecule has 2 aromatic rings. The Hall–Kier alpha value is -2.17. The van der Waals surface area contributed by atoms with Gasteiger partial charge in [-0.05, 0) is 32.4 Å². The van der Waals surface area contributed by atoms with Gasteiger partial charge in [0.15, 0.2) is 5.78 Å². The van der Waals surface area contributed by atoms with Crippen molar-refractivity contribution in [3.05, 3.63) is 34.8 Å². The number of Topliss-reactive ketones (excluding diaryl/α,β-unsaturated/α-hetero) is 1. The summed E-state index contributed by atoms with van der Waals surface area (Å²) in [5.74, 6) is -0.364. The number of benzene rings is 1. The Morgan fingerprint density at radius 3 is 2.38 bits per heavy atom. The van der Waals surface area contributed by atoms with E-state index in [0.717, 1.165) is 5.01 Å². The molecule has 0 bridgehead atoms. The van der Waals surface area contributed by atoms with Crippen molar-refractivity contribution in [2.45, 2.75) is 31.6 Å².